The molecule has 1 aliphatic rings. The first-order chi connectivity index (χ1) is 25.3. The van der Waals surface area contributed by atoms with Crippen molar-refractivity contribution in [2.45, 2.75) is 0 Å². The number of hydrogen-bond donors (Lipinski definition) is 0. The molecular formula is C46H29N3SSi. The molecule has 0 spiro atoms. The first-order valence-electron chi connectivity index (χ1n) is 17.3. The Kier molecular flexibility index (Phi) is 6.14. The topological polar surface area (TPSA) is 30.7 Å². The van der Waals surface area contributed by atoms with Crippen LogP contribution in [0.15, 0.2) is 176 Å². The first-order valence-corrected chi connectivity index (χ1v) is 20.2. The van der Waals surface area contributed by atoms with E-state index in [-0.39, 0.29) is 0 Å². The molecule has 0 bridgehead atoms. The highest BCUT2D eigenvalue weighted by Crippen LogP contribution is 2.42. The van der Waals surface area contributed by atoms with Gasteiger partial charge < -0.3 is 0 Å². The summed E-state index contributed by atoms with van der Waals surface area (Å²) in [6.45, 7) is 0. The van der Waals surface area contributed by atoms with Crippen LogP contribution in [-0.4, -0.2) is 22.6 Å². The minimum atomic E-state index is -2.90. The Balaban J connectivity index is 1.35. The van der Waals surface area contributed by atoms with Crippen molar-refractivity contribution in [3.05, 3.63) is 176 Å². The van der Waals surface area contributed by atoms with E-state index in [0.29, 0.717) is 0 Å². The Labute approximate surface area is 299 Å². The lowest BCUT2D eigenvalue weighted by atomic mass is 10.1. The van der Waals surface area contributed by atoms with Gasteiger partial charge in [-0.3, -0.25) is 4.57 Å². The molecule has 11 rings (SSSR count). The maximum absolute atomic E-state index is 5.70. The summed E-state index contributed by atoms with van der Waals surface area (Å²) in [7, 11) is -2.90. The first kappa shape index (κ1) is 28.7. The maximum Gasteiger partial charge on any atom is 0.203 e. The van der Waals surface area contributed by atoms with E-state index in [9.17, 15) is 0 Å². The molecule has 0 atom stereocenters. The van der Waals surface area contributed by atoms with Crippen LogP contribution < -0.4 is 20.9 Å². The molecule has 4 heterocycles. The molecule has 51 heavy (non-hydrogen) atoms. The second-order valence-corrected chi connectivity index (χ2v) is 18.1. The number of aromatic nitrogens is 3. The third-order valence-electron chi connectivity index (χ3n) is 10.7. The second-order valence-electron chi connectivity index (χ2n) is 13.3. The minimum absolute atomic E-state index is 0.744. The third kappa shape index (κ3) is 3.99. The van der Waals surface area contributed by atoms with Gasteiger partial charge in [0.15, 0.2) is 5.82 Å². The number of rotatable bonds is 4. The van der Waals surface area contributed by atoms with Crippen molar-refractivity contribution >= 4 is 82.3 Å². The van der Waals surface area contributed by atoms with Gasteiger partial charge in [-0.15, -0.1) is 11.3 Å². The highest BCUT2D eigenvalue weighted by atomic mass is 32.1. The summed E-state index contributed by atoms with van der Waals surface area (Å²) < 4.78 is 5.04. The van der Waals surface area contributed by atoms with Crippen molar-refractivity contribution in [1.82, 2.24) is 14.5 Å². The minimum Gasteiger partial charge on any atom is -0.293 e. The van der Waals surface area contributed by atoms with Gasteiger partial charge in [-0.1, -0.05) is 152 Å². The van der Waals surface area contributed by atoms with Gasteiger partial charge in [0.05, 0.1) is 16.4 Å². The quantitative estimate of drug-likeness (QED) is 0.174. The van der Waals surface area contributed by atoms with Crippen LogP contribution in [-0.2, 0) is 0 Å². The number of hydrogen-bond acceptors (Lipinski definition) is 3. The van der Waals surface area contributed by atoms with Crippen molar-refractivity contribution in [1.29, 1.82) is 0 Å². The van der Waals surface area contributed by atoms with Crippen LogP contribution in [0.25, 0.3) is 70.3 Å². The molecule has 3 aromatic heterocycles. The van der Waals surface area contributed by atoms with Gasteiger partial charge >= 0.3 is 0 Å². The molecule has 0 saturated carbocycles. The van der Waals surface area contributed by atoms with E-state index in [1.54, 1.807) is 0 Å². The van der Waals surface area contributed by atoms with Gasteiger partial charge in [-0.05, 0) is 45.4 Å². The molecule has 0 unspecified atom stereocenters. The molecule has 5 heteroatoms. The fourth-order valence-electron chi connectivity index (χ4n) is 8.54. The van der Waals surface area contributed by atoms with Gasteiger partial charge in [-0.2, -0.15) is 0 Å². The average molecular weight is 684 g/mol. The summed E-state index contributed by atoms with van der Waals surface area (Å²) in [5.41, 5.74) is 5.65. The summed E-state index contributed by atoms with van der Waals surface area (Å²) >= 11 is 1.87. The summed E-state index contributed by atoms with van der Waals surface area (Å²) in [5, 5.41) is 10.2. The summed E-state index contributed by atoms with van der Waals surface area (Å²) in [6, 6.07) is 64.1. The third-order valence-corrected chi connectivity index (χ3v) is 16.5. The van der Waals surface area contributed by atoms with E-state index in [1.807, 2.05) is 11.3 Å². The summed E-state index contributed by atoms with van der Waals surface area (Å²) in [4.78, 5) is 11.3. The van der Waals surface area contributed by atoms with Crippen LogP contribution in [0, 0.1) is 0 Å². The monoisotopic (exact) mass is 683 g/mol. The predicted octanol–water partition coefficient (Wildman–Crippen LogP) is 8.97. The lowest BCUT2D eigenvalue weighted by molar-refractivity contribution is 1.06. The lowest BCUT2D eigenvalue weighted by Crippen LogP contribution is -2.73. The fraction of sp³-hybridized carbons (Fsp3) is 0. The zero-order valence-corrected chi connectivity index (χ0v) is 29.3. The summed E-state index contributed by atoms with van der Waals surface area (Å²) in [5.74, 6) is 1.67. The predicted molar refractivity (Wildman–Crippen MR) is 217 cm³/mol. The van der Waals surface area contributed by atoms with E-state index < -0.39 is 8.07 Å². The van der Waals surface area contributed by atoms with Crippen LogP contribution in [0.2, 0.25) is 0 Å². The van der Waals surface area contributed by atoms with Crippen molar-refractivity contribution in [3.8, 4) is 28.3 Å². The van der Waals surface area contributed by atoms with Gasteiger partial charge in [0.2, 0.25) is 8.07 Å². The highest BCUT2D eigenvalue weighted by molar-refractivity contribution is 7.26. The Morgan fingerprint density at radius 3 is 1.86 bits per heavy atom. The second kappa shape index (κ2) is 10.9. The molecule has 3 nitrogen and oxygen atoms in total. The smallest absolute Gasteiger partial charge is 0.203 e. The van der Waals surface area contributed by atoms with Crippen molar-refractivity contribution in [3.63, 3.8) is 0 Å². The Morgan fingerprint density at radius 1 is 0.471 bits per heavy atom. The maximum atomic E-state index is 5.70. The lowest BCUT2D eigenvalue weighted by Gasteiger charge is -2.30. The largest absolute Gasteiger partial charge is 0.293 e. The van der Waals surface area contributed by atoms with Crippen molar-refractivity contribution in [2.75, 3.05) is 0 Å². The number of nitrogens with zero attached hydrogens (tertiary/aromatic N) is 3. The van der Waals surface area contributed by atoms with E-state index in [2.05, 4.69) is 180 Å². The van der Waals surface area contributed by atoms with Gasteiger partial charge in [-0.25, -0.2) is 9.97 Å². The van der Waals surface area contributed by atoms with Crippen molar-refractivity contribution in [2.24, 2.45) is 0 Å². The zero-order valence-electron chi connectivity index (χ0n) is 27.5. The van der Waals surface area contributed by atoms with Crippen LogP contribution in [0.1, 0.15) is 0 Å². The molecule has 0 fully saturated rings. The highest BCUT2D eigenvalue weighted by Gasteiger charge is 2.51. The number of fused-ring (bicyclic) bond motifs is 9. The molecule has 0 N–H and O–H groups in total. The van der Waals surface area contributed by atoms with E-state index in [4.69, 9.17) is 9.97 Å². The van der Waals surface area contributed by atoms with E-state index >= 15 is 0 Å². The zero-order chi connectivity index (χ0) is 33.5. The average Bonchev–Trinajstić information content (AvgIpc) is 3.83. The molecular weight excluding hydrogens is 655 g/mol. The number of thiophene rings is 1. The Bertz CT molecular complexity index is 2930. The normalized spacial score (nSPS) is 13.3. The SMILES string of the molecule is c1ccc(-c2nc(-n3c4ccccc4c4cc5sc6ccccc6c5cc43)c3c(n2)[Si](c2ccccc2)(c2ccccc2)c2ccccc2-3)cc1. The standard InChI is InChI=1S/C46H29N3SSi/c1-4-16-30(17-5-1)44-47-45(49-38-25-13-10-22-33(38)36-29-41-37(28-39(36)49)34-23-11-14-26-40(34)50-41)43-35-24-12-15-27-42(35)51(46(43)48-44,31-18-6-2-7-19-31)32-20-8-3-9-21-32/h1-29H. The van der Waals surface area contributed by atoms with E-state index in [1.165, 1.54) is 52.1 Å². The fourth-order valence-corrected chi connectivity index (χ4v) is 14.7. The van der Waals surface area contributed by atoms with Crippen LogP contribution in [0.5, 0.6) is 0 Å². The van der Waals surface area contributed by atoms with Gasteiger partial charge in [0.25, 0.3) is 0 Å². The van der Waals surface area contributed by atoms with E-state index in [0.717, 1.165) is 39.1 Å². The molecule has 0 amide bonds. The van der Waals surface area contributed by atoms with Gasteiger partial charge in [0, 0.05) is 42.1 Å². The molecule has 0 aliphatic carbocycles. The Morgan fingerprint density at radius 2 is 1.10 bits per heavy atom. The molecule has 7 aromatic carbocycles. The molecule has 0 saturated heterocycles. The molecule has 1 aliphatic heterocycles. The number of para-hydroxylation sites is 1. The van der Waals surface area contributed by atoms with Crippen LogP contribution in [0.3, 0.4) is 0 Å². The van der Waals surface area contributed by atoms with Gasteiger partial charge in [0.1, 0.15) is 5.82 Å². The molecule has 10 aromatic rings. The molecule has 0 radical (unpaired) electrons. The molecule has 238 valence electrons. The van der Waals surface area contributed by atoms with Crippen molar-refractivity contribution < 1.29 is 0 Å². The van der Waals surface area contributed by atoms with Crippen LogP contribution in [0.4, 0.5) is 0 Å². The Hall–Kier alpha value is -6.14. The summed E-state index contributed by atoms with van der Waals surface area (Å²) in [6.07, 6.45) is 0. The number of benzene rings is 7. The van der Waals surface area contributed by atoms with Crippen LogP contribution >= 0.6 is 11.3 Å².